The number of sulfone groups is 1. The van der Waals surface area contributed by atoms with Crippen molar-refractivity contribution in [3.05, 3.63) is 35.4 Å². The molecule has 0 bridgehead atoms. The Kier molecular flexibility index (Phi) is 7.08. The number of nitrogens with one attached hydrogen (secondary N) is 2. The summed E-state index contributed by atoms with van der Waals surface area (Å²) in [6.07, 6.45) is -3.61. The van der Waals surface area contributed by atoms with E-state index in [9.17, 15) is 31.2 Å². The largest absolute Gasteiger partial charge is 0.416 e. The van der Waals surface area contributed by atoms with Gasteiger partial charge in [-0.15, -0.1) is 0 Å². The molecular weight excluding hydrogens is 397 g/mol. The molecule has 0 aliphatic carbocycles. The van der Waals surface area contributed by atoms with E-state index in [-0.39, 0.29) is 36.8 Å². The lowest BCUT2D eigenvalue weighted by Crippen LogP contribution is -2.46. The Morgan fingerprint density at radius 2 is 1.86 bits per heavy atom. The molecule has 1 heterocycles. The number of hydrogen-bond donors (Lipinski definition) is 2. The molecule has 0 spiro atoms. The highest BCUT2D eigenvalue weighted by Gasteiger charge is 2.30. The van der Waals surface area contributed by atoms with E-state index in [2.05, 4.69) is 10.6 Å². The molecule has 1 saturated heterocycles. The molecule has 1 aliphatic heterocycles. The number of benzene rings is 1. The lowest BCUT2D eigenvalue weighted by molar-refractivity contribution is -0.137. The smallest absolute Gasteiger partial charge is 0.354 e. The van der Waals surface area contributed by atoms with Crippen LogP contribution >= 0.6 is 0 Å². The van der Waals surface area contributed by atoms with Crippen molar-refractivity contribution in [3.63, 3.8) is 0 Å². The Hall–Kier alpha value is -2.10. The molecule has 0 radical (unpaired) electrons. The number of aryl methyl sites for hydroxylation is 1. The molecule has 10 heteroatoms. The van der Waals surface area contributed by atoms with Gasteiger partial charge in [0.2, 0.25) is 11.8 Å². The van der Waals surface area contributed by atoms with Crippen LogP contribution in [-0.2, 0) is 32.0 Å². The summed E-state index contributed by atoms with van der Waals surface area (Å²) in [6.45, 7) is 1.75. The number of hydrogen-bond acceptors (Lipinski definition) is 4. The standard InChI is InChI=1S/C18H23F3N2O4S/c1-12(17(25)22-10-14-8-9-28(26,27)11-14)23-16(24)7-4-13-2-5-15(6-3-13)18(19,20)21/h2-3,5-6,12,14H,4,7-11H2,1H3,(H,22,25)(H,23,24). The minimum absolute atomic E-state index is 0.0316. The predicted molar refractivity (Wildman–Crippen MR) is 97.1 cm³/mol. The van der Waals surface area contributed by atoms with Crippen LogP contribution in [0.15, 0.2) is 24.3 Å². The van der Waals surface area contributed by atoms with E-state index in [1.807, 2.05) is 0 Å². The molecule has 156 valence electrons. The topological polar surface area (TPSA) is 92.3 Å². The van der Waals surface area contributed by atoms with E-state index in [0.29, 0.717) is 12.0 Å². The SMILES string of the molecule is CC(NC(=O)CCc1ccc(C(F)(F)F)cc1)C(=O)NCC1CCS(=O)(=O)C1. The summed E-state index contributed by atoms with van der Waals surface area (Å²) in [5, 5.41) is 5.16. The summed E-state index contributed by atoms with van der Waals surface area (Å²) in [5.41, 5.74) is -0.163. The van der Waals surface area contributed by atoms with Crippen molar-refractivity contribution in [2.24, 2.45) is 5.92 Å². The monoisotopic (exact) mass is 420 g/mol. The van der Waals surface area contributed by atoms with Gasteiger partial charge in [0.25, 0.3) is 0 Å². The third-order valence-electron chi connectivity index (χ3n) is 4.58. The van der Waals surface area contributed by atoms with E-state index in [1.165, 1.54) is 19.1 Å². The zero-order chi connectivity index (χ0) is 20.9. The van der Waals surface area contributed by atoms with Gasteiger partial charge >= 0.3 is 6.18 Å². The fourth-order valence-corrected chi connectivity index (χ4v) is 4.79. The first-order valence-electron chi connectivity index (χ1n) is 8.90. The minimum atomic E-state index is -4.40. The Morgan fingerprint density at radius 1 is 1.21 bits per heavy atom. The first kappa shape index (κ1) is 22.2. The summed E-state index contributed by atoms with van der Waals surface area (Å²) in [4.78, 5) is 24.0. The van der Waals surface area contributed by atoms with Gasteiger partial charge in [-0.05, 0) is 43.4 Å². The van der Waals surface area contributed by atoms with Crippen LogP contribution < -0.4 is 10.6 Å². The molecule has 1 fully saturated rings. The minimum Gasteiger partial charge on any atom is -0.354 e. The lowest BCUT2D eigenvalue weighted by atomic mass is 10.1. The van der Waals surface area contributed by atoms with Crippen LogP contribution in [0, 0.1) is 5.92 Å². The normalized spacial score (nSPS) is 19.8. The van der Waals surface area contributed by atoms with Crippen LogP contribution in [-0.4, -0.2) is 44.3 Å². The molecule has 2 rings (SSSR count). The highest BCUT2D eigenvalue weighted by molar-refractivity contribution is 7.91. The molecule has 0 saturated carbocycles. The van der Waals surface area contributed by atoms with Gasteiger partial charge in [-0.2, -0.15) is 13.2 Å². The first-order valence-corrected chi connectivity index (χ1v) is 10.7. The molecule has 1 aromatic rings. The van der Waals surface area contributed by atoms with E-state index in [1.54, 1.807) is 0 Å². The van der Waals surface area contributed by atoms with Crippen molar-refractivity contribution in [2.45, 2.75) is 38.4 Å². The van der Waals surface area contributed by atoms with Gasteiger partial charge in [-0.3, -0.25) is 9.59 Å². The fraction of sp³-hybridized carbons (Fsp3) is 0.556. The second-order valence-electron chi connectivity index (χ2n) is 7.00. The van der Waals surface area contributed by atoms with E-state index < -0.39 is 39.4 Å². The van der Waals surface area contributed by atoms with Gasteiger partial charge in [-0.25, -0.2) is 8.42 Å². The van der Waals surface area contributed by atoms with Crippen LogP contribution in [0.1, 0.15) is 30.9 Å². The van der Waals surface area contributed by atoms with E-state index >= 15 is 0 Å². The maximum atomic E-state index is 12.5. The summed E-state index contributed by atoms with van der Waals surface area (Å²) in [5.74, 6) is -0.736. The Morgan fingerprint density at radius 3 is 2.39 bits per heavy atom. The van der Waals surface area contributed by atoms with Crippen LogP contribution in [0.25, 0.3) is 0 Å². The third-order valence-corrected chi connectivity index (χ3v) is 6.42. The van der Waals surface area contributed by atoms with Crippen LogP contribution in [0.3, 0.4) is 0 Å². The van der Waals surface area contributed by atoms with Crippen molar-refractivity contribution < 1.29 is 31.2 Å². The number of alkyl halides is 3. The third kappa shape index (κ3) is 6.81. The average molecular weight is 420 g/mol. The molecule has 2 unspecified atom stereocenters. The number of rotatable bonds is 7. The highest BCUT2D eigenvalue weighted by atomic mass is 32.2. The number of amides is 2. The fourth-order valence-electron chi connectivity index (χ4n) is 2.93. The van der Waals surface area contributed by atoms with Gasteiger partial charge in [0.15, 0.2) is 9.84 Å². The van der Waals surface area contributed by atoms with Gasteiger partial charge in [0.05, 0.1) is 17.1 Å². The predicted octanol–water partition coefficient (Wildman–Crippen LogP) is 1.69. The lowest BCUT2D eigenvalue weighted by Gasteiger charge is -2.16. The number of halogens is 3. The second-order valence-corrected chi connectivity index (χ2v) is 9.23. The van der Waals surface area contributed by atoms with Gasteiger partial charge in [0, 0.05) is 13.0 Å². The van der Waals surface area contributed by atoms with Crippen molar-refractivity contribution in [1.29, 1.82) is 0 Å². The van der Waals surface area contributed by atoms with Crippen molar-refractivity contribution >= 4 is 21.7 Å². The quantitative estimate of drug-likeness (QED) is 0.702. The van der Waals surface area contributed by atoms with Gasteiger partial charge in [-0.1, -0.05) is 12.1 Å². The zero-order valence-corrected chi connectivity index (χ0v) is 16.2. The van der Waals surface area contributed by atoms with Crippen LogP contribution in [0.5, 0.6) is 0 Å². The molecule has 1 aromatic carbocycles. The summed E-state index contributed by atoms with van der Waals surface area (Å²) < 4.78 is 60.4. The van der Waals surface area contributed by atoms with E-state index in [4.69, 9.17) is 0 Å². The Balaban J connectivity index is 1.72. The van der Waals surface area contributed by atoms with Crippen molar-refractivity contribution in [1.82, 2.24) is 10.6 Å². The molecular formula is C18H23F3N2O4S. The van der Waals surface area contributed by atoms with Crippen LogP contribution in [0.4, 0.5) is 13.2 Å². The molecule has 28 heavy (non-hydrogen) atoms. The molecule has 2 N–H and O–H groups in total. The highest BCUT2D eigenvalue weighted by Crippen LogP contribution is 2.29. The Labute approximate surface area is 161 Å². The van der Waals surface area contributed by atoms with Crippen molar-refractivity contribution in [3.8, 4) is 0 Å². The summed E-state index contributed by atoms with van der Waals surface area (Å²) in [7, 11) is -3.01. The zero-order valence-electron chi connectivity index (χ0n) is 15.4. The first-order chi connectivity index (χ1) is 13.0. The van der Waals surface area contributed by atoms with Crippen molar-refractivity contribution in [2.75, 3.05) is 18.1 Å². The second kappa shape index (κ2) is 8.93. The summed E-state index contributed by atoms with van der Waals surface area (Å²) >= 11 is 0. The molecule has 2 atom stereocenters. The number of carbonyl (C=O) groups is 2. The molecule has 6 nitrogen and oxygen atoms in total. The van der Waals surface area contributed by atoms with Crippen LogP contribution in [0.2, 0.25) is 0 Å². The van der Waals surface area contributed by atoms with E-state index in [0.717, 1.165) is 12.1 Å². The van der Waals surface area contributed by atoms with Gasteiger partial charge < -0.3 is 10.6 Å². The average Bonchev–Trinajstić information content (AvgIpc) is 2.96. The molecule has 1 aliphatic rings. The Bertz CT molecular complexity index is 807. The molecule has 0 aromatic heterocycles. The maximum absolute atomic E-state index is 12.5. The summed E-state index contributed by atoms with van der Waals surface area (Å²) in [6, 6.07) is 3.78. The number of carbonyl (C=O) groups excluding carboxylic acids is 2. The molecule has 2 amide bonds. The van der Waals surface area contributed by atoms with Gasteiger partial charge in [0.1, 0.15) is 6.04 Å². The maximum Gasteiger partial charge on any atom is 0.416 e.